The van der Waals surface area contributed by atoms with Crippen molar-refractivity contribution in [2.24, 2.45) is 0 Å². The molecule has 0 bridgehead atoms. The molecule has 0 fully saturated rings. The maximum Gasteiger partial charge on any atom is 0.299 e. The Labute approximate surface area is 123 Å². The first-order valence-corrected chi connectivity index (χ1v) is 7.24. The van der Waals surface area contributed by atoms with Crippen LogP contribution in [0, 0.1) is 0 Å². The second-order valence-corrected chi connectivity index (χ2v) is 5.49. The standard InChI is InChI=1S/C13H8Cl2N2OS/c14-7-12-16-17-13(19-12)18-11-6-5-10(15)8-3-1-2-4-9(8)11/h1-6H,7H2. The van der Waals surface area contributed by atoms with Crippen LogP contribution in [0.4, 0.5) is 0 Å². The molecular weight excluding hydrogens is 303 g/mol. The molecule has 1 aromatic heterocycles. The summed E-state index contributed by atoms with van der Waals surface area (Å²) in [5.74, 6) is 1.04. The molecule has 96 valence electrons. The predicted molar refractivity (Wildman–Crippen MR) is 78.5 cm³/mol. The van der Waals surface area contributed by atoms with Crippen molar-refractivity contribution < 1.29 is 4.74 Å². The Balaban J connectivity index is 2.03. The molecule has 0 spiro atoms. The fourth-order valence-corrected chi connectivity index (χ4v) is 2.75. The zero-order valence-electron chi connectivity index (χ0n) is 9.64. The van der Waals surface area contributed by atoms with Gasteiger partial charge in [0.2, 0.25) is 0 Å². The Morgan fingerprint density at radius 1 is 1.05 bits per heavy atom. The van der Waals surface area contributed by atoms with Crippen LogP contribution in [0.3, 0.4) is 0 Å². The molecule has 19 heavy (non-hydrogen) atoms. The molecule has 0 amide bonds. The smallest absolute Gasteiger partial charge is 0.299 e. The molecule has 3 nitrogen and oxygen atoms in total. The minimum atomic E-state index is 0.336. The number of hydrogen-bond donors (Lipinski definition) is 0. The van der Waals surface area contributed by atoms with Crippen LogP contribution in [0.2, 0.25) is 5.02 Å². The van der Waals surface area contributed by atoms with Crippen LogP contribution in [0.15, 0.2) is 36.4 Å². The van der Waals surface area contributed by atoms with Gasteiger partial charge in [-0.1, -0.05) is 52.3 Å². The van der Waals surface area contributed by atoms with Crippen molar-refractivity contribution in [1.82, 2.24) is 10.2 Å². The topological polar surface area (TPSA) is 35.0 Å². The predicted octanol–water partition coefficient (Wildman–Crippen LogP) is 4.88. The van der Waals surface area contributed by atoms with Crippen LogP contribution in [-0.2, 0) is 5.88 Å². The molecule has 0 atom stereocenters. The fraction of sp³-hybridized carbons (Fsp3) is 0.0769. The van der Waals surface area contributed by atoms with Crippen molar-refractivity contribution in [3.05, 3.63) is 46.4 Å². The molecule has 2 aromatic carbocycles. The monoisotopic (exact) mass is 310 g/mol. The highest BCUT2D eigenvalue weighted by atomic mass is 35.5. The lowest BCUT2D eigenvalue weighted by Crippen LogP contribution is -1.86. The number of hydrogen-bond acceptors (Lipinski definition) is 4. The first kappa shape index (κ1) is 12.7. The highest BCUT2D eigenvalue weighted by molar-refractivity contribution is 7.13. The van der Waals surface area contributed by atoms with Gasteiger partial charge in [0, 0.05) is 15.8 Å². The Morgan fingerprint density at radius 2 is 1.84 bits per heavy atom. The minimum absolute atomic E-state index is 0.336. The van der Waals surface area contributed by atoms with Gasteiger partial charge in [-0.05, 0) is 12.1 Å². The molecule has 0 saturated heterocycles. The maximum absolute atomic E-state index is 6.16. The van der Waals surface area contributed by atoms with Gasteiger partial charge in [0.25, 0.3) is 5.19 Å². The number of fused-ring (bicyclic) bond motifs is 1. The number of nitrogens with zero attached hydrogens (tertiary/aromatic N) is 2. The summed E-state index contributed by atoms with van der Waals surface area (Å²) >= 11 is 13.2. The number of benzene rings is 2. The summed E-state index contributed by atoms with van der Waals surface area (Å²) in [5, 5.41) is 11.6. The van der Waals surface area contributed by atoms with E-state index in [0.29, 0.717) is 21.8 Å². The van der Waals surface area contributed by atoms with Gasteiger partial charge in [-0.3, -0.25) is 0 Å². The van der Waals surface area contributed by atoms with E-state index in [4.69, 9.17) is 27.9 Å². The first-order valence-electron chi connectivity index (χ1n) is 5.51. The van der Waals surface area contributed by atoms with Crippen molar-refractivity contribution in [2.45, 2.75) is 5.88 Å². The molecule has 0 radical (unpaired) electrons. The number of alkyl halides is 1. The summed E-state index contributed by atoms with van der Waals surface area (Å²) in [6, 6.07) is 11.4. The van der Waals surface area contributed by atoms with E-state index in [-0.39, 0.29) is 0 Å². The zero-order valence-corrected chi connectivity index (χ0v) is 12.0. The summed E-state index contributed by atoms with van der Waals surface area (Å²) in [5.41, 5.74) is 0. The Morgan fingerprint density at radius 3 is 2.58 bits per heavy atom. The van der Waals surface area contributed by atoms with Crippen LogP contribution in [0.25, 0.3) is 10.8 Å². The quantitative estimate of drug-likeness (QED) is 0.647. The lowest BCUT2D eigenvalue weighted by Gasteiger charge is -2.07. The normalized spacial score (nSPS) is 10.8. The van der Waals surface area contributed by atoms with E-state index in [1.807, 2.05) is 36.4 Å². The van der Waals surface area contributed by atoms with Gasteiger partial charge in [0.15, 0.2) is 0 Å². The molecule has 0 unspecified atom stereocenters. The molecule has 3 aromatic rings. The molecule has 0 aliphatic heterocycles. The third-order valence-electron chi connectivity index (χ3n) is 2.59. The number of aromatic nitrogens is 2. The maximum atomic E-state index is 6.16. The van der Waals surface area contributed by atoms with Crippen LogP contribution in [-0.4, -0.2) is 10.2 Å². The first-order chi connectivity index (χ1) is 9.28. The van der Waals surface area contributed by atoms with E-state index in [1.54, 1.807) is 0 Å². The second kappa shape index (κ2) is 5.33. The van der Waals surface area contributed by atoms with Crippen molar-refractivity contribution in [3.8, 4) is 10.9 Å². The van der Waals surface area contributed by atoms with E-state index < -0.39 is 0 Å². The number of rotatable bonds is 3. The summed E-state index contributed by atoms with van der Waals surface area (Å²) in [4.78, 5) is 0. The van der Waals surface area contributed by atoms with Gasteiger partial charge in [-0.2, -0.15) is 0 Å². The van der Waals surface area contributed by atoms with Crippen LogP contribution < -0.4 is 4.74 Å². The molecule has 0 N–H and O–H groups in total. The van der Waals surface area contributed by atoms with Crippen LogP contribution in [0.5, 0.6) is 10.9 Å². The molecule has 3 rings (SSSR count). The van der Waals surface area contributed by atoms with E-state index in [2.05, 4.69) is 10.2 Å². The lowest BCUT2D eigenvalue weighted by molar-refractivity contribution is 0.478. The summed E-state index contributed by atoms with van der Waals surface area (Å²) in [6.07, 6.45) is 0. The van der Waals surface area contributed by atoms with Gasteiger partial charge >= 0.3 is 0 Å². The number of halogens is 2. The largest absolute Gasteiger partial charge is 0.429 e. The Kier molecular flexibility index (Phi) is 3.55. The summed E-state index contributed by atoms with van der Waals surface area (Å²) < 4.78 is 5.76. The molecule has 0 aliphatic rings. The van der Waals surface area contributed by atoms with E-state index in [9.17, 15) is 0 Å². The number of ether oxygens (including phenoxy) is 1. The third-order valence-corrected chi connectivity index (χ3v) is 4.13. The molecule has 1 heterocycles. The van der Waals surface area contributed by atoms with E-state index >= 15 is 0 Å². The third kappa shape index (κ3) is 2.52. The zero-order chi connectivity index (χ0) is 13.2. The molecule has 6 heteroatoms. The van der Waals surface area contributed by atoms with Crippen LogP contribution in [0.1, 0.15) is 5.01 Å². The Hall–Kier alpha value is -1.36. The Bertz CT molecular complexity index is 729. The van der Waals surface area contributed by atoms with Gasteiger partial charge in [-0.25, -0.2) is 0 Å². The minimum Gasteiger partial charge on any atom is -0.429 e. The van der Waals surface area contributed by atoms with Crippen molar-refractivity contribution >= 4 is 45.3 Å². The average molecular weight is 311 g/mol. The highest BCUT2D eigenvalue weighted by Crippen LogP contribution is 2.34. The van der Waals surface area contributed by atoms with Gasteiger partial charge < -0.3 is 4.74 Å². The molecule has 0 aliphatic carbocycles. The summed E-state index contributed by atoms with van der Waals surface area (Å²) in [6.45, 7) is 0. The highest BCUT2D eigenvalue weighted by Gasteiger charge is 2.09. The van der Waals surface area contributed by atoms with Crippen molar-refractivity contribution in [3.63, 3.8) is 0 Å². The van der Waals surface area contributed by atoms with Crippen LogP contribution >= 0.6 is 34.5 Å². The van der Waals surface area contributed by atoms with E-state index in [0.717, 1.165) is 15.8 Å². The van der Waals surface area contributed by atoms with Gasteiger partial charge in [0.1, 0.15) is 10.8 Å². The molecular formula is C13H8Cl2N2OS. The van der Waals surface area contributed by atoms with Crippen molar-refractivity contribution in [1.29, 1.82) is 0 Å². The second-order valence-electron chi connectivity index (χ2n) is 3.79. The van der Waals surface area contributed by atoms with Gasteiger partial charge in [0.05, 0.1) is 5.88 Å². The fourth-order valence-electron chi connectivity index (χ4n) is 1.75. The summed E-state index contributed by atoms with van der Waals surface area (Å²) in [7, 11) is 0. The van der Waals surface area contributed by atoms with Gasteiger partial charge in [-0.15, -0.1) is 16.7 Å². The van der Waals surface area contributed by atoms with E-state index in [1.165, 1.54) is 11.3 Å². The van der Waals surface area contributed by atoms with Crippen molar-refractivity contribution in [2.75, 3.05) is 0 Å². The molecule has 0 saturated carbocycles. The SMILES string of the molecule is ClCc1nnc(Oc2ccc(Cl)c3ccccc23)s1. The average Bonchev–Trinajstić information content (AvgIpc) is 2.90. The lowest BCUT2D eigenvalue weighted by atomic mass is 10.1.